The van der Waals surface area contributed by atoms with E-state index < -0.39 is 0 Å². The number of nitrogens with one attached hydrogen (secondary N) is 1. The fraction of sp³-hybridized carbons (Fsp3) is 0.167. The largest absolute Gasteiger partial charge is 0.339 e. The van der Waals surface area contributed by atoms with E-state index in [1.165, 1.54) is 12.1 Å². The van der Waals surface area contributed by atoms with Crippen LogP contribution in [0.15, 0.2) is 78.9 Å². The van der Waals surface area contributed by atoms with Crippen LogP contribution >= 0.6 is 0 Å². The van der Waals surface area contributed by atoms with E-state index in [4.69, 9.17) is 0 Å². The van der Waals surface area contributed by atoms with Crippen molar-refractivity contribution < 1.29 is 14.0 Å². The van der Waals surface area contributed by atoms with Crippen molar-refractivity contribution in [3.63, 3.8) is 0 Å². The second-order valence-corrected chi connectivity index (χ2v) is 6.93. The molecule has 1 unspecified atom stereocenters. The molecule has 0 aromatic heterocycles. The molecule has 0 aliphatic rings. The van der Waals surface area contributed by atoms with Crippen LogP contribution < -0.4 is 5.32 Å². The van der Waals surface area contributed by atoms with E-state index in [0.717, 1.165) is 5.56 Å². The monoisotopic (exact) mass is 390 g/mol. The van der Waals surface area contributed by atoms with Crippen molar-refractivity contribution in [3.05, 3.63) is 101 Å². The number of carbonyl (C=O) groups is 2. The van der Waals surface area contributed by atoms with Crippen LogP contribution in [-0.2, 0) is 11.2 Å². The third-order valence-electron chi connectivity index (χ3n) is 4.88. The summed E-state index contributed by atoms with van der Waals surface area (Å²) in [5.41, 5.74) is 2.77. The van der Waals surface area contributed by atoms with Crippen LogP contribution in [0.2, 0.25) is 0 Å². The summed E-state index contributed by atoms with van der Waals surface area (Å²) < 4.78 is 13.4. The molecule has 0 bridgehead atoms. The van der Waals surface area contributed by atoms with Crippen LogP contribution in [0.25, 0.3) is 0 Å². The number of nitrogens with zero attached hydrogens (tertiary/aromatic N) is 1. The quantitative estimate of drug-likeness (QED) is 0.655. The van der Waals surface area contributed by atoms with E-state index in [0.29, 0.717) is 16.8 Å². The second kappa shape index (κ2) is 9.15. The molecular weight excluding hydrogens is 367 g/mol. The van der Waals surface area contributed by atoms with Gasteiger partial charge in [0, 0.05) is 18.3 Å². The third-order valence-corrected chi connectivity index (χ3v) is 4.88. The lowest BCUT2D eigenvalue weighted by atomic mass is 10.0. The molecule has 148 valence electrons. The standard InChI is InChI=1S/C24H23FN2O2/c1-17(27(2)23(28)15-18-8-6-12-21(25)14-18)20-11-7-13-22(16-20)26-24(29)19-9-4-3-5-10-19/h3-14,16-17H,15H2,1-2H3,(H,26,29). The highest BCUT2D eigenvalue weighted by molar-refractivity contribution is 6.04. The molecule has 3 rings (SSSR count). The highest BCUT2D eigenvalue weighted by atomic mass is 19.1. The van der Waals surface area contributed by atoms with Crippen LogP contribution in [0.4, 0.5) is 10.1 Å². The summed E-state index contributed by atoms with van der Waals surface area (Å²) in [6.45, 7) is 1.92. The number of likely N-dealkylation sites (N-methyl/N-ethyl adjacent to an activating group) is 1. The Morgan fingerprint density at radius 1 is 0.966 bits per heavy atom. The molecular formula is C24H23FN2O2. The topological polar surface area (TPSA) is 49.4 Å². The predicted octanol–water partition coefficient (Wildman–Crippen LogP) is 4.84. The predicted molar refractivity (Wildman–Crippen MR) is 112 cm³/mol. The average Bonchev–Trinajstić information content (AvgIpc) is 2.73. The highest BCUT2D eigenvalue weighted by Crippen LogP contribution is 2.23. The van der Waals surface area contributed by atoms with Gasteiger partial charge in [-0.3, -0.25) is 9.59 Å². The summed E-state index contributed by atoms with van der Waals surface area (Å²) in [5, 5.41) is 2.88. The zero-order valence-electron chi connectivity index (χ0n) is 16.4. The van der Waals surface area contributed by atoms with Gasteiger partial charge in [0.25, 0.3) is 5.91 Å². The lowest BCUT2D eigenvalue weighted by molar-refractivity contribution is -0.131. The van der Waals surface area contributed by atoms with Gasteiger partial charge in [-0.25, -0.2) is 4.39 Å². The molecule has 29 heavy (non-hydrogen) atoms. The molecule has 4 nitrogen and oxygen atoms in total. The van der Waals surface area contributed by atoms with Gasteiger partial charge in [-0.1, -0.05) is 42.5 Å². The van der Waals surface area contributed by atoms with Crippen molar-refractivity contribution in [1.29, 1.82) is 0 Å². The first-order chi connectivity index (χ1) is 13.9. The summed E-state index contributed by atoms with van der Waals surface area (Å²) in [4.78, 5) is 26.6. The van der Waals surface area contributed by atoms with Gasteiger partial charge < -0.3 is 10.2 Å². The maximum Gasteiger partial charge on any atom is 0.255 e. The van der Waals surface area contributed by atoms with Gasteiger partial charge in [0.15, 0.2) is 0 Å². The van der Waals surface area contributed by atoms with E-state index in [1.54, 1.807) is 36.2 Å². The summed E-state index contributed by atoms with van der Waals surface area (Å²) in [6, 6.07) is 22.3. The van der Waals surface area contributed by atoms with E-state index in [9.17, 15) is 14.0 Å². The van der Waals surface area contributed by atoms with Crippen LogP contribution in [0.1, 0.15) is 34.5 Å². The zero-order valence-corrected chi connectivity index (χ0v) is 16.4. The Kier molecular flexibility index (Phi) is 6.39. The first kappa shape index (κ1) is 20.3. The number of amides is 2. The lowest BCUT2D eigenvalue weighted by Crippen LogP contribution is -2.31. The molecule has 0 aliphatic carbocycles. The summed E-state index contributed by atoms with van der Waals surface area (Å²) in [5.74, 6) is -0.652. The maximum absolute atomic E-state index is 13.4. The van der Waals surface area contributed by atoms with Gasteiger partial charge in [-0.2, -0.15) is 0 Å². The Balaban J connectivity index is 1.68. The number of hydrogen-bond donors (Lipinski definition) is 1. The summed E-state index contributed by atoms with van der Waals surface area (Å²) >= 11 is 0. The first-order valence-corrected chi connectivity index (χ1v) is 9.40. The molecule has 0 spiro atoms. The van der Waals surface area contributed by atoms with Gasteiger partial charge in [-0.15, -0.1) is 0 Å². The van der Waals surface area contributed by atoms with Crippen LogP contribution in [0.5, 0.6) is 0 Å². The Hall–Kier alpha value is -3.47. The fourth-order valence-corrected chi connectivity index (χ4v) is 3.05. The zero-order chi connectivity index (χ0) is 20.8. The Bertz CT molecular complexity index is 1000. The molecule has 3 aromatic rings. The molecule has 0 saturated carbocycles. The number of rotatable bonds is 6. The van der Waals surface area contributed by atoms with E-state index in [-0.39, 0.29) is 30.1 Å². The van der Waals surface area contributed by atoms with Crippen molar-refractivity contribution in [1.82, 2.24) is 4.90 Å². The minimum Gasteiger partial charge on any atom is -0.339 e. The molecule has 0 heterocycles. The molecule has 0 aliphatic heterocycles. The molecule has 1 N–H and O–H groups in total. The minimum atomic E-state index is -0.354. The lowest BCUT2D eigenvalue weighted by Gasteiger charge is -2.26. The van der Waals surface area contributed by atoms with E-state index >= 15 is 0 Å². The van der Waals surface area contributed by atoms with Crippen LogP contribution in [0.3, 0.4) is 0 Å². The molecule has 1 atom stereocenters. The fourth-order valence-electron chi connectivity index (χ4n) is 3.05. The smallest absolute Gasteiger partial charge is 0.255 e. The molecule has 0 saturated heterocycles. The number of halogens is 1. The van der Waals surface area contributed by atoms with Gasteiger partial charge in [0.05, 0.1) is 12.5 Å². The van der Waals surface area contributed by atoms with Crippen LogP contribution in [-0.4, -0.2) is 23.8 Å². The second-order valence-electron chi connectivity index (χ2n) is 6.93. The van der Waals surface area contributed by atoms with Crippen molar-refractivity contribution in [2.24, 2.45) is 0 Å². The van der Waals surface area contributed by atoms with Crippen molar-refractivity contribution in [2.45, 2.75) is 19.4 Å². The molecule has 0 fully saturated rings. The van der Waals surface area contributed by atoms with Crippen LogP contribution in [0, 0.1) is 5.82 Å². The number of carbonyl (C=O) groups excluding carboxylic acids is 2. The normalized spacial score (nSPS) is 11.6. The minimum absolute atomic E-state index is 0.109. The Morgan fingerprint density at radius 3 is 2.41 bits per heavy atom. The van der Waals surface area contributed by atoms with E-state index in [2.05, 4.69) is 5.32 Å². The Morgan fingerprint density at radius 2 is 1.69 bits per heavy atom. The maximum atomic E-state index is 13.4. The summed E-state index contributed by atoms with van der Waals surface area (Å²) in [7, 11) is 1.72. The van der Waals surface area contributed by atoms with E-state index in [1.807, 2.05) is 49.4 Å². The number of benzene rings is 3. The number of hydrogen-bond acceptors (Lipinski definition) is 2. The van der Waals surface area contributed by atoms with Gasteiger partial charge in [-0.05, 0) is 54.4 Å². The van der Waals surface area contributed by atoms with Crippen molar-refractivity contribution in [2.75, 3.05) is 12.4 Å². The molecule has 0 radical (unpaired) electrons. The Labute approximate surface area is 170 Å². The molecule has 2 amide bonds. The van der Waals surface area contributed by atoms with Crippen molar-refractivity contribution in [3.8, 4) is 0 Å². The SMILES string of the molecule is CC(c1cccc(NC(=O)c2ccccc2)c1)N(C)C(=O)Cc1cccc(F)c1. The van der Waals surface area contributed by atoms with Gasteiger partial charge in [0.1, 0.15) is 5.82 Å². The molecule has 5 heteroatoms. The third kappa shape index (κ3) is 5.29. The van der Waals surface area contributed by atoms with Gasteiger partial charge in [0.2, 0.25) is 5.91 Å². The summed E-state index contributed by atoms with van der Waals surface area (Å²) in [6.07, 6.45) is 0.128. The van der Waals surface area contributed by atoms with Gasteiger partial charge >= 0.3 is 0 Å². The highest BCUT2D eigenvalue weighted by Gasteiger charge is 2.18. The average molecular weight is 390 g/mol. The first-order valence-electron chi connectivity index (χ1n) is 9.40. The van der Waals surface area contributed by atoms with Crippen molar-refractivity contribution >= 4 is 17.5 Å². The molecule has 3 aromatic carbocycles. The number of anilines is 1.